The zero-order chi connectivity index (χ0) is 11.8. The minimum absolute atomic E-state index is 0.337. The Morgan fingerprint density at radius 3 is 2.76 bits per heavy atom. The summed E-state index contributed by atoms with van der Waals surface area (Å²) in [6.45, 7) is 1.98. The van der Waals surface area contributed by atoms with Gasteiger partial charge in [0, 0.05) is 17.3 Å². The summed E-state index contributed by atoms with van der Waals surface area (Å²) in [6.07, 6.45) is 3.48. The third-order valence-corrected chi connectivity index (χ3v) is 2.77. The number of benzene rings is 1. The zero-order valence-electron chi connectivity index (χ0n) is 9.34. The van der Waals surface area contributed by atoms with E-state index in [1.165, 1.54) is 0 Å². The molecular weight excluding hydrogens is 214 g/mol. The summed E-state index contributed by atoms with van der Waals surface area (Å²) in [7, 11) is 0. The fourth-order valence-electron chi connectivity index (χ4n) is 1.88. The molecule has 0 aliphatic heterocycles. The third kappa shape index (κ3) is 1.63. The molecule has 0 bridgehead atoms. The van der Waals surface area contributed by atoms with Gasteiger partial charge >= 0.3 is 0 Å². The lowest BCUT2D eigenvalue weighted by molar-refractivity contribution is 0.436. The van der Waals surface area contributed by atoms with Crippen LogP contribution in [0.25, 0.3) is 21.9 Å². The number of nitrogens with zero attached hydrogens (tertiary/aromatic N) is 2. The highest BCUT2D eigenvalue weighted by molar-refractivity contribution is 5.88. The summed E-state index contributed by atoms with van der Waals surface area (Å²) in [5, 5.41) is 5.92. The van der Waals surface area contributed by atoms with Gasteiger partial charge in [-0.1, -0.05) is 17.3 Å². The van der Waals surface area contributed by atoms with Crippen LogP contribution in [-0.4, -0.2) is 10.1 Å². The lowest BCUT2D eigenvalue weighted by Crippen LogP contribution is -1.86. The van der Waals surface area contributed by atoms with Gasteiger partial charge in [0.25, 0.3) is 0 Å². The Hall–Kier alpha value is -2.36. The molecule has 3 aromatic rings. The molecule has 17 heavy (non-hydrogen) atoms. The van der Waals surface area contributed by atoms with Crippen molar-refractivity contribution in [1.29, 1.82) is 0 Å². The number of aromatic nitrogens is 2. The Bertz CT molecular complexity index is 688. The van der Waals surface area contributed by atoms with Crippen LogP contribution in [-0.2, 0) is 0 Å². The van der Waals surface area contributed by atoms with Gasteiger partial charge in [-0.25, -0.2) is 0 Å². The maximum Gasteiger partial charge on any atom is 0.229 e. The highest BCUT2D eigenvalue weighted by atomic mass is 16.5. The van der Waals surface area contributed by atoms with Crippen LogP contribution in [0, 0.1) is 6.92 Å². The number of hydrogen-bond acceptors (Lipinski definition) is 4. The highest BCUT2D eigenvalue weighted by Gasteiger charge is 2.07. The van der Waals surface area contributed by atoms with E-state index in [2.05, 4.69) is 16.2 Å². The summed E-state index contributed by atoms with van der Waals surface area (Å²) in [6, 6.07) is 8.14. The van der Waals surface area contributed by atoms with Gasteiger partial charge in [0.15, 0.2) is 0 Å². The topological polar surface area (TPSA) is 64.9 Å². The van der Waals surface area contributed by atoms with Crippen molar-refractivity contribution in [3.8, 4) is 11.1 Å². The number of aryl methyl sites for hydroxylation is 1. The number of fused-ring (bicyclic) bond motifs is 1. The highest BCUT2D eigenvalue weighted by Crippen LogP contribution is 2.28. The van der Waals surface area contributed by atoms with E-state index >= 15 is 0 Å². The van der Waals surface area contributed by atoms with Crippen molar-refractivity contribution in [1.82, 2.24) is 10.1 Å². The first-order chi connectivity index (χ1) is 8.24. The van der Waals surface area contributed by atoms with Crippen molar-refractivity contribution in [2.45, 2.75) is 6.92 Å². The van der Waals surface area contributed by atoms with Crippen LogP contribution in [0.3, 0.4) is 0 Å². The fraction of sp³-hybridized carbons (Fsp3) is 0.0769. The van der Waals surface area contributed by atoms with Crippen LogP contribution >= 0.6 is 0 Å². The van der Waals surface area contributed by atoms with Crippen molar-refractivity contribution >= 4 is 16.7 Å². The van der Waals surface area contributed by atoms with Gasteiger partial charge < -0.3 is 10.3 Å². The molecule has 0 amide bonds. The first-order valence-electron chi connectivity index (χ1n) is 5.31. The lowest BCUT2D eigenvalue weighted by atomic mass is 10.0. The predicted octanol–water partition coefficient (Wildman–Crippen LogP) is 2.78. The average molecular weight is 225 g/mol. The van der Waals surface area contributed by atoms with E-state index < -0.39 is 0 Å². The summed E-state index contributed by atoms with van der Waals surface area (Å²) in [5.74, 6) is 0.337. The molecule has 0 saturated carbocycles. The Kier molecular flexibility index (Phi) is 2.08. The summed E-state index contributed by atoms with van der Waals surface area (Å²) >= 11 is 0. The first-order valence-corrected chi connectivity index (χ1v) is 5.31. The molecular formula is C13H11N3O. The van der Waals surface area contributed by atoms with Gasteiger partial charge in [0.1, 0.15) is 0 Å². The molecule has 4 heteroatoms. The minimum atomic E-state index is 0.337. The lowest BCUT2D eigenvalue weighted by Gasteiger charge is -2.02. The molecule has 0 fully saturated rings. The first kappa shape index (κ1) is 9.84. The molecule has 0 atom stereocenters. The molecule has 0 saturated heterocycles. The van der Waals surface area contributed by atoms with E-state index in [9.17, 15) is 0 Å². The van der Waals surface area contributed by atoms with Gasteiger partial charge in [-0.3, -0.25) is 4.98 Å². The van der Waals surface area contributed by atoms with Gasteiger partial charge in [-0.15, -0.1) is 0 Å². The molecule has 84 valence electrons. The largest absolute Gasteiger partial charge is 0.367 e. The summed E-state index contributed by atoms with van der Waals surface area (Å²) in [5.41, 5.74) is 8.51. The van der Waals surface area contributed by atoms with E-state index in [0.717, 1.165) is 27.6 Å². The Balaban J connectivity index is 2.20. The molecule has 0 aliphatic carbocycles. The molecule has 0 aliphatic rings. The van der Waals surface area contributed by atoms with Crippen molar-refractivity contribution in [2.75, 3.05) is 5.73 Å². The summed E-state index contributed by atoms with van der Waals surface area (Å²) in [4.78, 5) is 4.28. The predicted molar refractivity (Wildman–Crippen MR) is 66.4 cm³/mol. The number of nitrogen functional groups attached to an aromatic ring is 1. The third-order valence-electron chi connectivity index (χ3n) is 2.77. The molecule has 2 N–H and O–H groups in total. The molecule has 1 aromatic carbocycles. The van der Waals surface area contributed by atoms with Crippen molar-refractivity contribution in [2.24, 2.45) is 0 Å². The number of hydrogen-bond donors (Lipinski definition) is 1. The fourth-order valence-corrected chi connectivity index (χ4v) is 1.88. The number of pyridine rings is 1. The Labute approximate surface area is 98.1 Å². The summed E-state index contributed by atoms with van der Waals surface area (Å²) < 4.78 is 4.86. The molecule has 2 aromatic heterocycles. The van der Waals surface area contributed by atoms with Crippen LogP contribution in [0.4, 0.5) is 5.88 Å². The SMILES string of the molecule is Cc1cc2ccc(-c3cnoc3N)cc2cn1. The van der Waals surface area contributed by atoms with Crippen LogP contribution in [0.2, 0.25) is 0 Å². The molecule has 3 rings (SSSR count). The van der Waals surface area contributed by atoms with E-state index in [1.54, 1.807) is 6.20 Å². The van der Waals surface area contributed by atoms with Gasteiger partial charge in [-0.2, -0.15) is 0 Å². The van der Waals surface area contributed by atoms with E-state index in [4.69, 9.17) is 10.3 Å². The van der Waals surface area contributed by atoms with Crippen LogP contribution in [0.15, 0.2) is 41.2 Å². The number of rotatable bonds is 1. The van der Waals surface area contributed by atoms with Crippen molar-refractivity contribution in [3.63, 3.8) is 0 Å². The number of anilines is 1. The average Bonchev–Trinajstić information content (AvgIpc) is 2.75. The van der Waals surface area contributed by atoms with E-state index in [0.29, 0.717) is 5.88 Å². The maximum absolute atomic E-state index is 5.70. The second-order valence-electron chi connectivity index (χ2n) is 3.99. The Morgan fingerprint density at radius 2 is 2.00 bits per heavy atom. The van der Waals surface area contributed by atoms with Gasteiger partial charge in [0.05, 0.1) is 11.8 Å². The van der Waals surface area contributed by atoms with Crippen molar-refractivity contribution in [3.05, 3.63) is 42.4 Å². The molecule has 0 spiro atoms. The van der Waals surface area contributed by atoms with Gasteiger partial charge in [0.2, 0.25) is 5.88 Å². The van der Waals surface area contributed by atoms with Gasteiger partial charge in [-0.05, 0) is 30.0 Å². The van der Waals surface area contributed by atoms with Crippen molar-refractivity contribution < 1.29 is 4.52 Å². The Morgan fingerprint density at radius 1 is 1.12 bits per heavy atom. The zero-order valence-corrected chi connectivity index (χ0v) is 9.34. The minimum Gasteiger partial charge on any atom is -0.367 e. The molecule has 4 nitrogen and oxygen atoms in total. The monoisotopic (exact) mass is 225 g/mol. The molecule has 0 unspecified atom stereocenters. The molecule has 2 heterocycles. The van der Waals surface area contributed by atoms with E-state index in [-0.39, 0.29) is 0 Å². The van der Waals surface area contributed by atoms with Crippen LogP contribution in [0.5, 0.6) is 0 Å². The van der Waals surface area contributed by atoms with Crippen LogP contribution in [0.1, 0.15) is 5.69 Å². The second kappa shape index (κ2) is 3.59. The normalized spacial score (nSPS) is 10.9. The number of nitrogens with two attached hydrogens (primary N) is 1. The van der Waals surface area contributed by atoms with E-state index in [1.807, 2.05) is 31.3 Å². The quantitative estimate of drug-likeness (QED) is 0.691. The standard InChI is InChI=1S/C13H11N3O/c1-8-4-9-2-3-10(5-11(9)6-15-8)12-7-16-17-13(12)14/h2-7H,14H2,1H3. The smallest absolute Gasteiger partial charge is 0.229 e. The van der Waals surface area contributed by atoms with Crippen LogP contribution < -0.4 is 5.73 Å². The maximum atomic E-state index is 5.70. The second-order valence-corrected chi connectivity index (χ2v) is 3.99. The molecule has 0 radical (unpaired) electrons.